The molecule has 1 fully saturated rings. The second-order valence-corrected chi connectivity index (χ2v) is 5.68. The van der Waals surface area contributed by atoms with Crippen LogP contribution in [0, 0.1) is 11.3 Å². The van der Waals surface area contributed by atoms with Crippen molar-refractivity contribution in [3.05, 3.63) is 0 Å². The molecular weight excluding hydrogens is 234 g/mol. The molecule has 1 rings (SSSR count). The second kappa shape index (κ2) is 9.35. The molecule has 0 aliphatic heterocycles. The Bertz CT molecular complexity index is 242. The van der Waals surface area contributed by atoms with Gasteiger partial charge < -0.3 is 9.80 Å². The molecule has 0 atom stereocenters. The van der Waals surface area contributed by atoms with Crippen LogP contribution in [0.25, 0.3) is 0 Å². The minimum Gasteiger partial charge on any atom is -0.361 e. The Balaban J connectivity index is 2.33. The van der Waals surface area contributed by atoms with Gasteiger partial charge >= 0.3 is 0 Å². The quantitative estimate of drug-likeness (QED) is 0.538. The Labute approximate surface area is 119 Å². The van der Waals surface area contributed by atoms with E-state index in [1.807, 2.05) is 0 Å². The molecule has 0 radical (unpaired) electrons. The molecule has 1 aliphatic carbocycles. The minimum absolute atomic E-state index is 0.544. The van der Waals surface area contributed by atoms with Crippen LogP contribution in [-0.2, 0) is 0 Å². The monoisotopic (exact) mass is 267 g/mol. The van der Waals surface area contributed by atoms with E-state index in [1.165, 1.54) is 45.1 Å². The summed E-state index contributed by atoms with van der Waals surface area (Å²) in [6, 6.07) is 0. The highest BCUT2D eigenvalue weighted by Gasteiger charge is 2.21. The highest BCUT2D eigenvalue weighted by atomic mass is 15.2. The summed E-state index contributed by atoms with van der Waals surface area (Å²) in [7, 11) is 0. The zero-order valence-electron chi connectivity index (χ0n) is 13.2. The fraction of sp³-hybridized carbons (Fsp3) is 0.938. The predicted octanol–water partition coefficient (Wildman–Crippen LogP) is 3.60. The lowest BCUT2D eigenvalue weighted by molar-refractivity contribution is 0.278. The summed E-state index contributed by atoms with van der Waals surface area (Å²) in [5, 5.41) is 8.43. The van der Waals surface area contributed by atoms with Gasteiger partial charge in [-0.3, -0.25) is 5.41 Å². The first-order valence-corrected chi connectivity index (χ1v) is 8.28. The lowest BCUT2D eigenvalue weighted by Gasteiger charge is -2.32. The Morgan fingerprint density at radius 1 is 0.947 bits per heavy atom. The van der Waals surface area contributed by atoms with Gasteiger partial charge in [0, 0.05) is 19.0 Å². The van der Waals surface area contributed by atoms with E-state index in [4.69, 9.17) is 5.41 Å². The van der Waals surface area contributed by atoms with E-state index in [0.717, 1.165) is 32.0 Å². The van der Waals surface area contributed by atoms with E-state index >= 15 is 0 Å². The van der Waals surface area contributed by atoms with Crippen molar-refractivity contribution in [3.8, 4) is 0 Å². The molecular formula is C16H33N3. The van der Waals surface area contributed by atoms with Gasteiger partial charge in [-0.15, -0.1) is 0 Å². The molecule has 0 saturated heterocycles. The summed E-state index contributed by atoms with van der Waals surface area (Å²) in [5.41, 5.74) is 0. The highest BCUT2D eigenvalue weighted by Crippen LogP contribution is 2.25. The van der Waals surface area contributed by atoms with Gasteiger partial charge in [-0.25, -0.2) is 0 Å². The molecule has 0 aromatic heterocycles. The summed E-state index contributed by atoms with van der Waals surface area (Å²) < 4.78 is 0. The molecule has 0 bridgehead atoms. The van der Waals surface area contributed by atoms with Gasteiger partial charge in [0.15, 0.2) is 0 Å². The van der Waals surface area contributed by atoms with Crippen LogP contribution in [0.5, 0.6) is 0 Å². The lowest BCUT2D eigenvalue weighted by atomic mass is 9.88. The van der Waals surface area contributed by atoms with E-state index in [9.17, 15) is 0 Å². The van der Waals surface area contributed by atoms with Gasteiger partial charge in [0.05, 0.1) is 5.84 Å². The first kappa shape index (κ1) is 16.5. The third-order valence-corrected chi connectivity index (χ3v) is 4.51. The number of rotatable bonds is 8. The van der Waals surface area contributed by atoms with Crippen LogP contribution in [0.2, 0.25) is 0 Å². The van der Waals surface area contributed by atoms with Crippen molar-refractivity contribution in [2.45, 2.75) is 59.3 Å². The fourth-order valence-corrected chi connectivity index (χ4v) is 3.11. The maximum Gasteiger partial charge on any atom is 0.0989 e. The Hall–Kier alpha value is -0.570. The van der Waals surface area contributed by atoms with E-state index in [2.05, 4.69) is 30.6 Å². The number of nitrogens with zero attached hydrogens (tertiary/aromatic N) is 2. The van der Waals surface area contributed by atoms with Gasteiger partial charge in [-0.1, -0.05) is 33.1 Å². The molecule has 19 heavy (non-hydrogen) atoms. The van der Waals surface area contributed by atoms with Crippen molar-refractivity contribution in [1.29, 1.82) is 5.41 Å². The first-order chi connectivity index (χ1) is 9.22. The van der Waals surface area contributed by atoms with Gasteiger partial charge in [-0.05, 0) is 45.8 Å². The standard InChI is InChI=1S/C16H33N3/c1-4-18(5-2)13-10-14-19(6-3)16(17)15-11-8-7-9-12-15/h15,17H,4-14H2,1-3H3. The van der Waals surface area contributed by atoms with Crippen LogP contribution < -0.4 is 0 Å². The van der Waals surface area contributed by atoms with Gasteiger partial charge in [-0.2, -0.15) is 0 Å². The average Bonchev–Trinajstić information content (AvgIpc) is 2.48. The summed E-state index contributed by atoms with van der Waals surface area (Å²) in [4.78, 5) is 4.78. The molecule has 3 heteroatoms. The van der Waals surface area contributed by atoms with Crippen molar-refractivity contribution in [2.24, 2.45) is 5.92 Å². The van der Waals surface area contributed by atoms with Crippen LogP contribution in [0.15, 0.2) is 0 Å². The lowest BCUT2D eigenvalue weighted by Crippen LogP contribution is -2.38. The topological polar surface area (TPSA) is 30.3 Å². The van der Waals surface area contributed by atoms with Crippen LogP contribution in [0.3, 0.4) is 0 Å². The fourth-order valence-electron chi connectivity index (χ4n) is 3.11. The minimum atomic E-state index is 0.544. The van der Waals surface area contributed by atoms with Crippen LogP contribution in [-0.4, -0.2) is 48.4 Å². The van der Waals surface area contributed by atoms with Crippen LogP contribution in [0.4, 0.5) is 0 Å². The zero-order valence-corrected chi connectivity index (χ0v) is 13.2. The van der Waals surface area contributed by atoms with Crippen molar-refractivity contribution in [3.63, 3.8) is 0 Å². The molecule has 112 valence electrons. The summed E-state index contributed by atoms with van der Waals surface area (Å²) >= 11 is 0. The smallest absolute Gasteiger partial charge is 0.0989 e. The molecule has 0 heterocycles. The summed E-state index contributed by atoms with van der Waals surface area (Å²) in [5.74, 6) is 1.46. The maximum absolute atomic E-state index is 8.43. The third-order valence-electron chi connectivity index (χ3n) is 4.51. The summed E-state index contributed by atoms with van der Waals surface area (Å²) in [6.45, 7) is 12.1. The first-order valence-electron chi connectivity index (χ1n) is 8.28. The zero-order chi connectivity index (χ0) is 14.1. The third kappa shape index (κ3) is 5.52. The number of nitrogens with one attached hydrogen (secondary N) is 1. The molecule has 1 aliphatic rings. The largest absolute Gasteiger partial charge is 0.361 e. The van der Waals surface area contributed by atoms with Crippen molar-refractivity contribution in [2.75, 3.05) is 32.7 Å². The Morgan fingerprint density at radius 3 is 2.11 bits per heavy atom. The van der Waals surface area contributed by atoms with E-state index in [1.54, 1.807) is 0 Å². The molecule has 0 spiro atoms. The number of hydrogen-bond acceptors (Lipinski definition) is 2. The average molecular weight is 267 g/mol. The van der Waals surface area contributed by atoms with Crippen LogP contribution >= 0.6 is 0 Å². The molecule has 0 aromatic carbocycles. The van der Waals surface area contributed by atoms with Gasteiger partial charge in [0.1, 0.15) is 0 Å². The second-order valence-electron chi connectivity index (χ2n) is 5.68. The van der Waals surface area contributed by atoms with E-state index < -0.39 is 0 Å². The molecule has 1 saturated carbocycles. The normalized spacial score (nSPS) is 16.8. The SMILES string of the molecule is CCN(CC)CCCN(CC)C(=N)C1CCCCC1. The highest BCUT2D eigenvalue weighted by molar-refractivity contribution is 5.81. The maximum atomic E-state index is 8.43. The molecule has 0 aromatic rings. The number of hydrogen-bond donors (Lipinski definition) is 1. The summed E-state index contributed by atoms with van der Waals surface area (Å²) in [6.07, 6.45) is 7.69. The van der Waals surface area contributed by atoms with Gasteiger partial charge in [0.2, 0.25) is 0 Å². The van der Waals surface area contributed by atoms with Crippen LogP contribution in [0.1, 0.15) is 59.3 Å². The van der Waals surface area contributed by atoms with E-state index in [0.29, 0.717) is 5.92 Å². The molecule has 1 N–H and O–H groups in total. The molecule has 0 amide bonds. The van der Waals surface area contributed by atoms with Crippen molar-refractivity contribution in [1.82, 2.24) is 9.80 Å². The van der Waals surface area contributed by atoms with E-state index in [-0.39, 0.29) is 0 Å². The Kier molecular flexibility index (Phi) is 8.11. The van der Waals surface area contributed by atoms with Crippen molar-refractivity contribution < 1.29 is 0 Å². The number of amidine groups is 1. The Morgan fingerprint density at radius 2 is 1.58 bits per heavy atom. The van der Waals surface area contributed by atoms with Crippen molar-refractivity contribution >= 4 is 5.84 Å². The molecule has 0 unspecified atom stereocenters. The molecule has 3 nitrogen and oxygen atoms in total. The van der Waals surface area contributed by atoms with Gasteiger partial charge in [0.25, 0.3) is 0 Å². The predicted molar refractivity (Wildman–Crippen MR) is 84.0 cm³/mol.